The summed E-state index contributed by atoms with van der Waals surface area (Å²) in [5, 5.41) is 2.75. The largest absolute Gasteiger partial charge is 0.494 e. The highest BCUT2D eigenvalue weighted by molar-refractivity contribution is 6.05. The minimum Gasteiger partial charge on any atom is -0.494 e. The molecule has 0 aliphatic heterocycles. The first-order valence-corrected chi connectivity index (χ1v) is 10.8. The summed E-state index contributed by atoms with van der Waals surface area (Å²) in [6.07, 6.45) is 2.91. The summed E-state index contributed by atoms with van der Waals surface area (Å²) >= 11 is 0. The molecule has 2 rings (SSSR count). The fourth-order valence-electron chi connectivity index (χ4n) is 2.63. The van der Waals surface area contributed by atoms with Crippen molar-refractivity contribution in [1.29, 1.82) is 0 Å². The maximum absolute atomic E-state index is 12.7. The molecule has 1 amide bonds. The number of esters is 2. The number of carbonyl (C=O) groups excluding carboxylic acids is 3. The van der Waals surface area contributed by atoms with Gasteiger partial charge in [0.1, 0.15) is 5.75 Å². The third-order valence-electron chi connectivity index (χ3n) is 4.25. The first-order valence-electron chi connectivity index (χ1n) is 10.8. The molecule has 0 aliphatic carbocycles. The normalized spacial score (nSPS) is 10.8. The van der Waals surface area contributed by atoms with Crippen LogP contribution in [0.3, 0.4) is 0 Å². The Hall–Kier alpha value is -3.81. The summed E-state index contributed by atoms with van der Waals surface area (Å²) in [6, 6.07) is 13.3. The van der Waals surface area contributed by atoms with Gasteiger partial charge in [0.2, 0.25) is 5.76 Å². The zero-order valence-corrected chi connectivity index (χ0v) is 19.1. The molecular weight excluding hydrogens is 426 g/mol. The molecule has 0 fully saturated rings. The van der Waals surface area contributed by atoms with Gasteiger partial charge >= 0.3 is 11.9 Å². The molecular formula is C25H29NO7. The van der Waals surface area contributed by atoms with Gasteiger partial charge in [-0.3, -0.25) is 4.79 Å². The topological polar surface area (TPSA) is 100 Å². The number of para-hydroxylation sites is 2. The lowest BCUT2D eigenvalue weighted by atomic mass is 10.2. The zero-order chi connectivity index (χ0) is 24.1. The number of hydrogen-bond donors (Lipinski definition) is 1. The van der Waals surface area contributed by atoms with E-state index in [4.69, 9.17) is 18.9 Å². The summed E-state index contributed by atoms with van der Waals surface area (Å²) < 4.78 is 21.1. The SMILES string of the molecule is CCCCOc1ccc(C(=O)Nc2ccccc2O/C(=C\C(=O)OCC)C(=O)OCC)cc1. The van der Waals surface area contributed by atoms with Crippen molar-refractivity contribution in [3.63, 3.8) is 0 Å². The molecule has 33 heavy (non-hydrogen) atoms. The molecule has 0 heterocycles. The fourth-order valence-corrected chi connectivity index (χ4v) is 2.63. The van der Waals surface area contributed by atoms with E-state index in [0.717, 1.165) is 18.9 Å². The summed E-state index contributed by atoms with van der Waals surface area (Å²) in [5.41, 5.74) is 0.727. The van der Waals surface area contributed by atoms with Gasteiger partial charge in [-0.25, -0.2) is 9.59 Å². The van der Waals surface area contributed by atoms with Crippen LogP contribution in [-0.2, 0) is 19.1 Å². The lowest BCUT2D eigenvalue weighted by Gasteiger charge is -2.14. The van der Waals surface area contributed by atoms with Crippen LogP contribution in [0.25, 0.3) is 0 Å². The van der Waals surface area contributed by atoms with E-state index in [9.17, 15) is 14.4 Å². The van der Waals surface area contributed by atoms with E-state index in [2.05, 4.69) is 12.2 Å². The average molecular weight is 456 g/mol. The summed E-state index contributed by atoms with van der Waals surface area (Å²) in [5.74, 6) is -1.46. The van der Waals surface area contributed by atoms with E-state index in [0.29, 0.717) is 23.6 Å². The van der Waals surface area contributed by atoms with Gasteiger partial charge in [0.25, 0.3) is 5.91 Å². The highest BCUT2D eigenvalue weighted by Gasteiger charge is 2.19. The molecule has 0 aromatic heterocycles. The molecule has 0 bridgehead atoms. The number of rotatable bonds is 12. The molecule has 1 N–H and O–H groups in total. The smallest absolute Gasteiger partial charge is 0.374 e. The second-order valence-corrected chi connectivity index (χ2v) is 6.76. The molecule has 2 aromatic carbocycles. The Labute approximate surface area is 193 Å². The van der Waals surface area contributed by atoms with Crippen molar-refractivity contribution in [2.45, 2.75) is 33.6 Å². The number of amides is 1. The molecule has 2 aromatic rings. The van der Waals surface area contributed by atoms with Crippen molar-refractivity contribution in [3.8, 4) is 11.5 Å². The molecule has 0 atom stereocenters. The standard InChI is InChI=1S/C25H29NO7/c1-4-7-16-32-19-14-12-18(13-15-19)24(28)26-20-10-8-9-11-21(20)33-22(25(29)31-6-3)17-23(27)30-5-2/h8-15,17H,4-7,16H2,1-3H3,(H,26,28)/b22-17-. The maximum Gasteiger partial charge on any atom is 0.374 e. The number of hydrogen-bond acceptors (Lipinski definition) is 7. The minimum atomic E-state index is -0.828. The van der Waals surface area contributed by atoms with Gasteiger partial charge in [0, 0.05) is 5.56 Å². The number of benzene rings is 2. The van der Waals surface area contributed by atoms with E-state index in [1.54, 1.807) is 62.4 Å². The van der Waals surface area contributed by atoms with Gasteiger partial charge in [-0.15, -0.1) is 0 Å². The second-order valence-electron chi connectivity index (χ2n) is 6.76. The van der Waals surface area contributed by atoms with Gasteiger partial charge in [-0.05, 0) is 56.7 Å². The fraction of sp³-hybridized carbons (Fsp3) is 0.320. The van der Waals surface area contributed by atoms with Gasteiger partial charge in [0.05, 0.1) is 31.6 Å². The molecule has 0 saturated heterocycles. The predicted octanol–water partition coefficient (Wildman–Crippen LogP) is 4.51. The monoisotopic (exact) mass is 455 g/mol. The number of ether oxygens (including phenoxy) is 4. The summed E-state index contributed by atoms with van der Waals surface area (Å²) in [4.78, 5) is 36.8. The molecule has 0 aliphatic rings. The van der Waals surface area contributed by atoms with E-state index in [1.807, 2.05) is 0 Å². The van der Waals surface area contributed by atoms with Crippen molar-refractivity contribution in [2.75, 3.05) is 25.1 Å². The van der Waals surface area contributed by atoms with Crippen LogP contribution in [0.1, 0.15) is 44.0 Å². The highest BCUT2D eigenvalue weighted by atomic mass is 16.6. The van der Waals surface area contributed by atoms with Crippen LogP contribution in [0.5, 0.6) is 11.5 Å². The van der Waals surface area contributed by atoms with Crippen molar-refractivity contribution < 1.29 is 33.3 Å². The van der Waals surface area contributed by atoms with Crippen LogP contribution in [0.15, 0.2) is 60.4 Å². The molecule has 8 nitrogen and oxygen atoms in total. The maximum atomic E-state index is 12.7. The Morgan fingerprint density at radius 2 is 1.61 bits per heavy atom. The van der Waals surface area contributed by atoms with Crippen molar-refractivity contribution >= 4 is 23.5 Å². The van der Waals surface area contributed by atoms with Crippen LogP contribution < -0.4 is 14.8 Å². The molecule has 0 saturated carbocycles. The van der Waals surface area contributed by atoms with Crippen LogP contribution in [0.4, 0.5) is 5.69 Å². The third-order valence-corrected chi connectivity index (χ3v) is 4.25. The first-order chi connectivity index (χ1) is 16.0. The Kier molecular flexibility index (Phi) is 10.5. The van der Waals surface area contributed by atoms with Gasteiger partial charge < -0.3 is 24.3 Å². The van der Waals surface area contributed by atoms with Crippen LogP contribution in [-0.4, -0.2) is 37.7 Å². The van der Waals surface area contributed by atoms with Gasteiger partial charge in [-0.2, -0.15) is 0 Å². The first kappa shape index (κ1) is 25.5. The number of carbonyl (C=O) groups is 3. The average Bonchev–Trinajstić information content (AvgIpc) is 2.80. The molecule has 8 heteroatoms. The van der Waals surface area contributed by atoms with Crippen molar-refractivity contribution in [2.24, 2.45) is 0 Å². The minimum absolute atomic E-state index is 0.0961. The lowest BCUT2D eigenvalue weighted by Crippen LogP contribution is -2.17. The van der Waals surface area contributed by atoms with E-state index in [1.165, 1.54) is 0 Å². The van der Waals surface area contributed by atoms with Crippen molar-refractivity contribution in [3.05, 3.63) is 65.9 Å². The van der Waals surface area contributed by atoms with Crippen LogP contribution in [0, 0.1) is 0 Å². The molecule has 0 spiro atoms. The van der Waals surface area contributed by atoms with E-state index in [-0.39, 0.29) is 30.6 Å². The Balaban J connectivity index is 2.17. The highest BCUT2D eigenvalue weighted by Crippen LogP contribution is 2.27. The van der Waals surface area contributed by atoms with E-state index >= 15 is 0 Å². The number of anilines is 1. The number of nitrogens with one attached hydrogen (secondary N) is 1. The van der Waals surface area contributed by atoms with Gasteiger partial charge in [0.15, 0.2) is 5.75 Å². The lowest BCUT2D eigenvalue weighted by molar-refractivity contribution is -0.143. The Morgan fingerprint density at radius 1 is 0.909 bits per heavy atom. The van der Waals surface area contributed by atoms with E-state index < -0.39 is 11.9 Å². The van der Waals surface area contributed by atoms with Gasteiger partial charge in [-0.1, -0.05) is 25.5 Å². The molecule has 0 radical (unpaired) electrons. The predicted molar refractivity (Wildman–Crippen MR) is 123 cm³/mol. The third kappa shape index (κ3) is 8.33. The molecule has 176 valence electrons. The van der Waals surface area contributed by atoms with Crippen LogP contribution >= 0.6 is 0 Å². The zero-order valence-electron chi connectivity index (χ0n) is 19.1. The molecule has 0 unspecified atom stereocenters. The second kappa shape index (κ2) is 13.6. The summed E-state index contributed by atoms with van der Waals surface area (Å²) in [6.45, 7) is 6.22. The van der Waals surface area contributed by atoms with Crippen LogP contribution in [0.2, 0.25) is 0 Å². The Bertz CT molecular complexity index is 967. The Morgan fingerprint density at radius 3 is 2.27 bits per heavy atom. The van der Waals surface area contributed by atoms with Crippen molar-refractivity contribution in [1.82, 2.24) is 0 Å². The quantitative estimate of drug-likeness (QED) is 0.218. The summed E-state index contributed by atoms with van der Waals surface area (Å²) in [7, 11) is 0. The number of unbranched alkanes of at least 4 members (excludes halogenated alkanes) is 1.